The number of hydrogen-bond donors (Lipinski definition) is 3. The van der Waals surface area contributed by atoms with Crippen molar-refractivity contribution in [2.45, 2.75) is 20.8 Å². The molecule has 8 heteroatoms. The van der Waals surface area contributed by atoms with Gasteiger partial charge in [-0.25, -0.2) is 9.78 Å². The minimum atomic E-state index is -1.11. The summed E-state index contributed by atoms with van der Waals surface area (Å²) in [7, 11) is 0. The molecular weight excluding hydrogens is 370 g/mol. The summed E-state index contributed by atoms with van der Waals surface area (Å²) < 4.78 is 0. The lowest BCUT2D eigenvalue weighted by molar-refractivity contribution is 0.0694. The van der Waals surface area contributed by atoms with Gasteiger partial charge in [0, 0.05) is 12.2 Å². The van der Waals surface area contributed by atoms with Crippen molar-refractivity contribution in [1.29, 1.82) is 0 Å². The average Bonchev–Trinajstić information content (AvgIpc) is 2.59. The van der Waals surface area contributed by atoms with Crippen LogP contribution in [0.4, 0.5) is 5.69 Å². The maximum absolute atomic E-state index is 12.3. The van der Waals surface area contributed by atoms with Crippen molar-refractivity contribution >= 4 is 35.1 Å². The minimum Gasteiger partial charge on any atom is -0.478 e. The lowest BCUT2D eigenvalue weighted by Gasteiger charge is -2.11. The number of nitrogens with zero attached hydrogens (tertiary/aromatic N) is 1. The van der Waals surface area contributed by atoms with E-state index in [1.165, 1.54) is 31.2 Å². The van der Waals surface area contributed by atoms with Crippen LogP contribution < -0.4 is 10.6 Å². The van der Waals surface area contributed by atoms with Gasteiger partial charge in [-0.15, -0.1) is 0 Å². The maximum Gasteiger partial charge on any atom is 0.337 e. The van der Waals surface area contributed by atoms with Gasteiger partial charge in [0.2, 0.25) is 0 Å². The van der Waals surface area contributed by atoms with Crippen LogP contribution in [0.1, 0.15) is 50.7 Å². The first kappa shape index (κ1) is 20.4. The summed E-state index contributed by atoms with van der Waals surface area (Å²) in [5.74, 6) is -1.59. The Morgan fingerprint density at radius 1 is 1.11 bits per heavy atom. The van der Waals surface area contributed by atoms with Gasteiger partial charge >= 0.3 is 5.97 Å². The number of aromatic nitrogens is 1. The monoisotopic (exact) mass is 389 g/mol. The van der Waals surface area contributed by atoms with Crippen LogP contribution in [0.5, 0.6) is 0 Å². The summed E-state index contributed by atoms with van der Waals surface area (Å²) in [6.45, 7) is 6.02. The summed E-state index contributed by atoms with van der Waals surface area (Å²) in [4.78, 5) is 39.4. The van der Waals surface area contributed by atoms with Gasteiger partial charge in [0.1, 0.15) is 5.69 Å². The minimum absolute atomic E-state index is 0.0337. The molecule has 0 aliphatic rings. The highest BCUT2D eigenvalue weighted by Crippen LogP contribution is 2.21. The molecule has 0 bridgehead atoms. The molecule has 1 heterocycles. The smallest absolute Gasteiger partial charge is 0.337 e. The highest BCUT2D eigenvalue weighted by Gasteiger charge is 2.15. The Morgan fingerprint density at radius 2 is 1.78 bits per heavy atom. The molecule has 2 aromatic rings. The number of carboxylic acid groups (broad SMARTS) is 1. The Bertz CT molecular complexity index is 897. The van der Waals surface area contributed by atoms with Crippen LogP contribution in [-0.2, 0) is 0 Å². The Labute approximate surface area is 161 Å². The Balaban J connectivity index is 2.12. The lowest BCUT2D eigenvalue weighted by atomic mass is 10.1. The quantitative estimate of drug-likeness (QED) is 0.701. The molecule has 0 spiro atoms. The first-order chi connectivity index (χ1) is 12.7. The van der Waals surface area contributed by atoms with Gasteiger partial charge in [0.05, 0.1) is 21.8 Å². The highest BCUT2D eigenvalue weighted by molar-refractivity contribution is 6.34. The fourth-order valence-electron chi connectivity index (χ4n) is 2.28. The molecule has 2 amide bonds. The van der Waals surface area contributed by atoms with Crippen molar-refractivity contribution in [2.75, 3.05) is 11.9 Å². The van der Waals surface area contributed by atoms with E-state index in [1.807, 2.05) is 13.8 Å². The molecule has 1 aromatic carbocycles. The van der Waals surface area contributed by atoms with Crippen LogP contribution in [-0.4, -0.2) is 34.4 Å². The summed E-state index contributed by atoms with van der Waals surface area (Å²) in [5, 5.41) is 14.6. The third kappa shape index (κ3) is 5.27. The summed E-state index contributed by atoms with van der Waals surface area (Å²) >= 11 is 6.16. The number of amides is 2. The van der Waals surface area contributed by atoms with E-state index in [0.29, 0.717) is 23.7 Å². The molecule has 1 aromatic heterocycles. The van der Waals surface area contributed by atoms with Crippen LogP contribution >= 0.6 is 11.6 Å². The fourth-order valence-corrected chi connectivity index (χ4v) is 2.54. The second-order valence-corrected chi connectivity index (χ2v) is 6.79. The number of halogens is 1. The molecular formula is C19H20ClN3O4. The Kier molecular flexibility index (Phi) is 6.52. The zero-order chi connectivity index (χ0) is 20.1. The van der Waals surface area contributed by atoms with Crippen molar-refractivity contribution in [3.8, 4) is 0 Å². The molecule has 0 radical (unpaired) electrons. The molecule has 0 unspecified atom stereocenters. The van der Waals surface area contributed by atoms with Crippen LogP contribution in [0.25, 0.3) is 0 Å². The Hall–Kier alpha value is -2.93. The van der Waals surface area contributed by atoms with Gasteiger partial charge < -0.3 is 15.7 Å². The third-order valence-electron chi connectivity index (χ3n) is 3.69. The van der Waals surface area contributed by atoms with Crippen molar-refractivity contribution in [2.24, 2.45) is 5.92 Å². The number of hydrogen-bond acceptors (Lipinski definition) is 4. The van der Waals surface area contributed by atoms with Crippen LogP contribution in [0.2, 0.25) is 5.02 Å². The number of aromatic carboxylic acids is 1. The summed E-state index contributed by atoms with van der Waals surface area (Å²) in [6.07, 6.45) is 0. The molecule has 142 valence electrons. The van der Waals surface area contributed by atoms with E-state index >= 15 is 0 Å². The molecule has 0 fully saturated rings. The highest BCUT2D eigenvalue weighted by atomic mass is 35.5. The molecule has 0 atom stereocenters. The van der Waals surface area contributed by atoms with Gasteiger partial charge in [-0.3, -0.25) is 9.59 Å². The van der Waals surface area contributed by atoms with Crippen molar-refractivity contribution in [3.05, 3.63) is 57.9 Å². The van der Waals surface area contributed by atoms with Crippen molar-refractivity contribution < 1.29 is 19.5 Å². The second-order valence-electron chi connectivity index (χ2n) is 6.39. The van der Waals surface area contributed by atoms with Crippen LogP contribution in [0.15, 0.2) is 30.3 Å². The normalized spacial score (nSPS) is 10.6. The number of benzene rings is 1. The molecule has 2 rings (SSSR count). The largest absolute Gasteiger partial charge is 0.478 e. The maximum atomic E-state index is 12.3. The third-order valence-corrected chi connectivity index (χ3v) is 4.00. The number of carboxylic acids is 1. The van der Waals surface area contributed by atoms with E-state index in [4.69, 9.17) is 16.7 Å². The number of pyridine rings is 1. The molecule has 27 heavy (non-hydrogen) atoms. The van der Waals surface area contributed by atoms with E-state index in [9.17, 15) is 14.4 Å². The first-order valence-corrected chi connectivity index (χ1v) is 8.67. The van der Waals surface area contributed by atoms with E-state index < -0.39 is 11.9 Å². The standard InChI is InChI=1S/C19H20ClN3O4/c1-10(2)9-21-17(24)14-5-4-12(8-15(14)20)23-18(25)16-7-6-13(19(26)27)11(3)22-16/h4-8,10H,9H2,1-3H3,(H,21,24)(H,23,25)(H,26,27). The van der Waals surface area contributed by atoms with Gasteiger partial charge in [-0.1, -0.05) is 25.4 Å². The van der Waals surface area contributed by atoms with Gasteiger partial charge in [-0.05, 0) is 43.2 Å². The van der Waals surface area contributed by atoms with Gasteiger partial charge in [0.25, 0.3) is 11.8 Å². The number of carbonyl (C=O) groups excluding carboxylic acids is 2. The molecule has 7 nitrogen and oxygen atoms in total. The number of nitrogens with one attached hydrogen (secondary N) is 2. The summed E-state index contributed by atoms with van der Waals surface area (Å²) in [5.41, 5.74) is 1.06. The van der Waals surface area contributed by atoms with E-state index in [2.05, 4.69) is 15.6 Å². The van der Waals surface area contributed by atoms with E-state index in [0.717, 1.165) is 0 Å². The van der Waals surface area contributed by atoms with Crippen molar-refractivity contribution in [3.63, 3.8) is 0 Å². The number of anilines is 1. The predicted molar refractivity (Wildman–Crippen MR) is 103 cm³/mol. The van der Waals surface area contributed by atoms with E-state index in [-0.39, 0.29) is 27.9 Å². The topological polar surface area (TPSA) is 108 Å². The van der Waals surface area contributed by atoms with Gasteiger partial charge in [0.15, 0.2) is 0 Å². The SMILES string of the molecule is Cc1nc(C(=O)Nc2ccc(C(=O)NCC(C)C)c(Cl)c2)ccc1C(=O)O. The average molecular weight is 390 g/mol. The van der Waals surface area contributed by atoms with Crippen LogP contribution in [0, 0.1) is 12.8 Å². The molecule has 0 aliphatic carbocycles. The van der Waals surface area contributed by atoms with Gasteiger partial charge in [-0.2, -0.15) is 0 Å². The molecule has 0 aliphatic heterocycles. The Morgan fingerprint density at radius 3 is 2.33 bits per heavy atom. The molecule has 3 N–H and O–H groups in total. The van der Waals surface area contributed by atoms with E-state index in [1.54, 1.807) is 6.07 Å². The first-order valence-electron chi connectivity index (χ1n) is 8.29. The zero-order valence-electron chi connectivity index (χ0n) is 15.2. The second kappa shape index (κ2) is 8.64. The lowest BCUT2D eigenvalue weighted by Crippen LogP contribution is -2.27. The number of rotatable bonds is 6. The predicted octanol–water partition coefficient (Wildman–Crippen LogP) is 3.38. The number of carbonyl (C=O) groups is 3. The van der Waals surface area contributed by atoms with Crippen molar-refractivity contribution in [1.82, 2.24) is 10.3 Å². The summed E-state index contributed by atoms with van der Waals surface area (Å²) in [6, 6.07) is 7.23. The molecule has 0 saturated heterocycles. The molecule has 0 saturated carbocycles. The fraction of sp³-hybridized carbons (Fsp3) is 0.263. The zero-order valence-corrected chi connectivity index (χ0v) is 15.9. The van der Waals surface area contributed by atoms with Crippen LogP contribution in [0.3, 0.4) is 0 Å². The number of aryl methyl sites for hydroxylation is 1.